The summed E-state index contributed by atoms with van der Waals surface area (Å²) in [6.07, 6.45) is 6.72. The van der Waals surface area contributed by atoms with Crippen LogP contribution in [0, 0.1) is 0 Å². The van der Waals surface area contributed by atoms with E-state index in [0.717, 1.165) is 36.1 Å². The predicted molar refractivity (Wildman–Crippen MR) is 89.8 cm³/mol. The van der Waals surface area contributed by atoms with Crippen molar-refractivity contribution in [2.24, 2.45) is 0 Å². The summed E-state index contributed by atoms with van der Waals surface area (Å²) >= 11 is 0. The van der Waals surface area contributed by atoms with Gasteiger partial charge in [-0.1, -0.05) is 0 Å². The molecule has 3 rings (SSSR count). The lowest BCUT2D eigenvalue weighted by molar-refractivity contribution is 0.462. The summed E-state index contributed by atoms with van der Waals surface area (Å²) in [5, 5.41) is 0.513. The van der Waals surface area contributed by atoms with Crippen LogP contribution < -0.4 is 9.62 Å². The van der Waals surface area contributed by atoms with E-state index >= 15 is 0 Å². The number of sulfonamides is 1. The molecule has 7 nitrogen and oxygen atoms in total. The van der Waals surface area contributed by atoms with Crippen molar-refractivity contribution >= 4 is 26.7 Å². The summed E-state index contributed by atoms with van der Waals surface area (Å²) < 4.78 is 27.0. The van der Waals surface area contributed by atoms with Crippen LogP contribution in [-0.4, -0.2) is 47.8 Å². The first kappa shape index (κ1) is 16.1. The van der Waals surface area contributed by atoms with Crippen LogP contribution in [-0.2, 0) is 10.0 Å². The first-order valence-electron chi connectivity index (χ1n) is 7.78. The van der Waals surface area contributed by atoms with Crippen molar-refractivity contribution < 1.29 is 8.42 Å². The van der Waals surface area contributed by atoms with Gasteiger partial charge < -0.3 is 4.90 Å². The van der Waals surface area contributed by atoms with Crippen LogP contribution in [0.2, 0.25) is 0 Å². The molecule has 0 aliphatic carbocycles. The molecule has 1 N–H and O–H groups in total. The highest BCUT2D eigenvalue weighted by molar-refractivity contribution is 7.90. The monoisotopic (exact) mass is 335 g/mol. The predicted octanol–water partition coefficient (Wildman–Crippen LogP) is 1.32. The zero-order chi connectivity index (χ0) is 16.4. The zero-order valence-electron chi connectivity index (χ0n) is 13.3. The zero-order valence-corrected chi connectivity index (χ0v) is 14.1. The van der Waals surface area contributed by atoms with Crippen LogP contribution in [0.1, 0.15) is 26.7 Å². The molecule has 1 atom stereocenters. The molecule has 0 amide bonds. The molecule has 0 aromatic carbocycles. The van der Waals surface area contributed by atoms with Crippen molar-refractivity contribution in [3.8, 4) is 0 Å². The summed E-state index contributed by atoms with van der Waals surface area (Å²) in [6, 6.07) is 1.80. The van der Waals surface area contributed by atoms with Crippen LogP contribution in [0.15, 0.2) is 24.8 Å². The number of anilines is 1. The van der Waals surface area contributed by atoms with Gasteiger partial charge in [-0.05, 0) is 32.8 Å². The van der Waals surface area contributed by atoms with E-state index in [4.69, 9.17) is 0 Å². The summed E-state index contributed by atoms with van der Waals surface area (Å²) in [6.45, 7) is 4.84. The van der Waals surface area contributed by atoms with E-state index in [9.17, 15) is 8.42 Å². The van der Waals surface area contributed by atoms with Crippen LogP contribution in [0.3, 0.4) is 0 Å². The van der Waals surface area contributed by atoms with Crippen molar-refractivity contribution in [1.29, 1.82) is 0 Å². The number of nitrogens with zero attached hydrogens (tertiary/aromatic N) is 4. The van der Waals surface area contributed by atoms with Gasteiger partial charge in [-0.2, -0.15) is 0 Å². The molecule has 1 aliphatic heterocycles. The Morgan fingerprint density at radius 2 is 2.17 bits per heavy atom. The van der Waals surface area contributed by atoms with Crippen molar-refractivity contribution in [1.82, 2.24) is 19.7 Å². The lowest BCUT2D eigenvalue weighted by atomic mass is 10.1. The standard InChI is InChI=1S/C15H21N5O2S/c1-11(2)23(21,22)19-12-4-3-7-20(9-12)15-13-5-6-16-8-14(13)17-10-18-15/h5-6,8,10-12,19H,3-4,7,9H2,1-2H3. The van der Waals surface area contributed by atoms with Gasteiger partial charge in [0, 0.05) is 30.7 Å². The first-order chi connectivity index (χ1) is 11.0. The summed E-state index contributed by atoms with van der Waals surface area (Å²) in [5.74, 6) is 0.839. The van der Waals surface area contributed by atoms with Crippen molar-refractivity contribution in [3.05, 3.63) is 24.8 Å². The van der Waals surface area contributed by atoms with Gasteiger partial charge >= 0.3 is 0 Å². The minimum absolute atomic E-state index is 0.0944. The molecular weight excluding hydrogens is 314 g/mol. The molecule has 0 bridgehead atoms. The maximum Gasteiger partial charge on any atom is 0.214 e. The quantitative estimate of drug-likeness (QED) is 0.907. The number of aromatic nitrogens is 3. The Bertz CT molecular complexity index is 788. The van der Waals surface area contributed by atoms with Gasteiger partial charge in [-0.3, -0.25) is 4.98 Å². The third-order valence-electron chi connectivity index (χ3n) is 4.09. The Balaban J connectivity index is 1.83. The molecular formula is C15H21N5O2S. The Kier molecular flexibility index (Phi) is 4.45. The Labute approximate surface area is 136 Å². The van der Waals surface area contributed by atoms with Crippen molar-refractivity contribution in [2.75, 3.05) is 18.0 Å². The summed E-state index contributed by atoms with van der Waals surface area (Å²) in [4.78, 5) is 14.8. The highest BCUT2D eigenvalue weighted by atomic mass is 32.2. The molecule has 2 aromatic heterocycles. The van der Waals surface area contributed by atoms with Gasteiger partial charge in [0.1, 0.15) is 12.1 Å². The average molecular weight is 335 g/mol. The second-order valence-corrected chi connectivity index (χ2v) is 8.36. The fraction of sp³-hybridized carbons (Fsp3) is 0.533. The summed E-state index contributed by atoms with van der Waals surface area (Å²) in [5.41, 5.74) is 0.794. The number of nitrogens with one attached hydrogen (secondary N) is 1. The number of piperidine rings is 1. The molecule has 124 valence electrons. The average Bonchev–Trinajstić information content (AvgIpc) is 2.54. The number of hydrogen-bond acceptors (Lipinski definition) is 6. The maximum atomic E-state index is 12.1. The number of pyridine rings is 1. The van der Waals surface area contributed by atoms with Crippen LogP contribution >= 0.6 is 0 Å². The molecule has 0 radical (unpaired) electrons. The van der Waals surface area contributed by atoms with Gasteiger partial charge in [0.05, 0.1) is 17.0 Å². The molecule has 2 aromatic rings. The van der Waals surface area contributed by atoms with Gasteiger partial charge in [0.15, 0.2) is 0 Å². The second-order valence-electron chi connectivity index (χ2n) is 6.09. The Morgan fingerprint density at radius 1 is 1.35 bits per heavy atom. The largest absolute Gasteiger partial charge is 0.354 e. The third-order valence-corrected chi connectivity index (χ3v) is 5.99. The van der Waals surface area contributed by atoms with E-state index in [1.54, 1.807) is 26.2 Å². The van der Waals surface area contributed by atoms with Crippen LogP contribution in [0.25, 0.3) is 10.9 Å². The van der Waals surface area contributed by atoms with Crippen LogP contribution in [0.4, 0.5) is 5.82 Å². The minimum atomic E-state index is -3.27. The molecule has 1 aliphatic rings. The topological polar surface area (TPSA) is 88.1 Å². The minimum Gasteiger partial charge on any atom is -0.354 e. The van der Waals surface area contributed by atoms with Crippen molar-refractivity contribution in [2.45, 2.75) is 38.0 Å². The molecule has 1 unspecified atom stereocenters. The van der Waals surface area contributed by atoms with Crippen molar-refractivity contribution in [3.63, 3.8) is 0 Å². The number of rotatable bonds is 4. The molecule has 0 saturated carbocycles. The number of fused-ring (bicyclic) bond motifs is 1. The maximum absolute atomic E-state index is 12.1. The van der Waals surface area contributed by atoms with Gasteiger partial charge in [0.25, 0.3) is 0 Å². The fourth-order valence-electron chi connectivity index (χ4n) is 2.78. The molecule has 3 heterocycles. The molecule has 8 heteroatoms. The van der Waals surface area contributed by atoms with Gasteiger partial charge in [0.2, 0.25) is 10.0 Å². The molecule has 0 spiro atoms. The Hall–Kier alpha value is -1.80. The van der Waals surface area contributed by atoms with Gasteiger partial charge in [-0.15, -0.1) is 0 Å². The highest BCUT2D eigenvalue weighted by Crippen LogP contribution is 2.25. The van der Waals surface area contributed by atoms with E-state index in [1.165, 1.54) is 6.33 Å². The second kappa shape index (κ2) is 6.37. The smallest absolute Gasteiger partial charge is 0.214 e. The summed E-state index contributed by atoms with van der Waals surface area (Å²) in [7, 11) is -3.27. The SMILES string of the molecule is CC(C)S(=O)(=O)NC1CCCN(c2ncnc3cnccc23)C1. The molecule has 23 heavy (non-hydrogen) atoms. The lowest BCUT2D eigenvalue weighted by Gasteiger charge is -2.34. The van der Waals surface area contributed by atoms with E-state index in [-0.39, 0.29) is 6.04 Å². The van der Waals surface area contributed by atoms with E-state index < -0.39 is 15.3 Å². The molecule has 1 saturated heterocycles. The van der Waals surface area contributed by atoms with Crippen LogP contribution in [0.5, 0.6) is 0 Å². The lowest BCUT2D eigenvalue weighted by Crippen LogP contribution is -2.49. The third kappa shape index (κ3) is 3.42. The van der Waals surface area contributed by atoms with E-state index in [0.29, 0.717) is 6.54 Å². The van der Waals surface area contributed by atoms with E-state index in [1.807, 2.05) is 6.07 Å². The van der Waals surface area contributed by atoms with Gasteiger partial charge in [-0.25, -0.2) is 23.1 Å². The number of hydrogen-bond donors (Lipinski definition) is 1. The fourth-order valence-corrected chi connectivity index (χ4v) is 3.71. The normalized spacial score (nSPS) is 19.4. The van der Waals surface area contributed by atoms with E-state index in [2.05, 4.69) is 24.6 Å². The molecule has 1 fully saturated rings. The Morgan fingerprint density at radius 3 is 2.96 bits per heavy atom. The first-order valence-corrected chi connectivity index (χ1v) is 9.33. The highest BCUT2D eigenvalue weighted by Gasteiger charge is 2.27.